The van der Waals surface area contributed by atoms with E-state index in [1.165, 1.54) is 11.4 Å². The average molecular weight is 280 g/mol. The van der Waals surface area contributed by atoms with Gasteiger partial charge in [-0.25, -0.2) is 0 Å². The number of nitrogens with one attached hydrogen (secondary N) is 1. The fraction of sp³-hybridized carbons (Fsp3) is 0.235. The monoisotopic (exact) mass is 280 g/mol. The maximum atomic E-state index is 7.43. The second-order valence-corrected chi connectivity index (χ2v) is 5.27. The van der Waals surface area contributed by atoms with Gasteiger partial charge in [0, 0.05) is 43.1 Å². The van der Waals surface area contributed by atoms with E-state index in [1.54, 1.807) is 0 Å². The zero-order valence-electron chi connectivity index (χ0n) is 12.0. The molecule has 21 heavy (non-hydrogen) atoms. The van der Waals surface area contributed by atoms with Crippen LogP contribution in [0.25, 0.3) is 0 Å². The Kier molecular flexibility index (Phi) is 3.77. The molecule has 2 aromatic rings. The number of anilines is 2. The highest BCUT2D eigenvalue weighted by Crippen LogP contribution is 2.20. The topological polar surface area (TPSA) is 56.4 Å². The Morgan fingerprint density at radius 3 is 1.71 bits per heavy atom. The van der Waals surface area contributed by atoms with Gasteiger partial charge in [0.25, 0.3) is 0 Å². The molecule has 0 spiro atoms. The summed E-state index contributed by atoms with van der Waals surface area (Å²) in [5, 5.41) is 7.43. The van der Waals surface area contributed by atoms with Crippen LogP contribution >= 0.6 is 0 Å². The Bertz CT molecular complexity index is 598. The van der Waals surface area contributed by atoms with Gasteiger partial charge >= 0.3 is 0 Å². The van der Waals surface area contributed by atoms with E-state index in [0.29, 0.717) is 0 Å². The second-order valence-electron chi connectivity index (χ2n) is 5.27. The number of para-hydroxylation sites is 1. The van der Waals surface area contributed by atoms with E-state index in [0.717, 1.165) is 31.7 Å². The summed E-state index contributed by atoms with van der Waals surface area (Å²) in [6.07, 6.45) is 0. The fourth-order valence-electron chi connectivity index (χ4n) is 2.71. The summed E-state index contributed by atoms with van der Waals surface area (Å²) in [5.74, 6) is 0.121. The zero-order chi connectivity index (χ0) is 14.7. The predicted molar refractivity (Wildman–Crippen MR) is 88.3 cm³/mol. The lowest BCUT2D eigenvalue weighted by molar-refractivity contribution is 0.653. The van der Waals surface area contributed by atoms with Crippen molar-refractivity contribution in [2.24, 2.45) is 5.73 Å². The molecule has 1 aliphatic heterocycles. The molecule has 0 amide bonds. The molecule has 0 aliphatic carbocycles. The predicted octanol–water partition coefficient (Wildman–Crippen LogP) is 2.30. The van der Waals surface area contributed by atoms with Gasteiger partial charge in [-0.3, -0.25) is 5.41 Å². The Morgan fingerprint density at radius 1 is 0.762 bits per heavy atom. The molecule has 1 saturated heterocycles. The average Bonchev–Trinajstić information content (AvgIpc) is 2.56. The van der Waals surface area contributed by atoms with Crippen LogP contribution < -0.4 is 15.5 Å². The molecule has 1 fully saturated rings. The summed E-state index contributed by atoms with van der Waals surface area (Å²) in [7, 11) is 0. The van der Waals surface area contributed by atoms with Crippen molar-refractivity contribution < 1.29 is 0 Å². The zero-order valence-corrected chi connectivity index (χ0v) is 12.0. The molecular weight excluding hydrogens is 260 g/mol. The smallest absolute Gasteiger partial charge is 0.122 e. The number of nitrogens with zero attached hydrogens (tertiary/aromatic N) is 2. The summed E-state index contributed by atoms with van der Waals surface area (Å²) < 4.78 is 0. The van der Waals surface area contributed by atoms with Crippen LogP contribution in [0, 0.1) is 5.41 Å². The quantitative estimate of drug-likeness (QED) is 0.670. The van der Waals surface area contributed by atoms with Crippen LogP contribution in [-0.2, 0) is 0 Å². The first-order valence-electron chi connectivity index (χ1n) is 7.23. The lowest BCUT2D eigenvalue weighted by atomic mass is 10.1. The molecule has 0 unspecified atom stereocenters. The summed E-state index contributed by atoms with van der Waals surface area (Å²) in [6.45, 7) is 4.07. The van der Waals surface area contributed by atoms with Gasteiger partial charge in [0.1, 0.15) is 5.84 Å². The SMILES string of the molecule is N=C(N)c1ccc(N2CCN(c3ccccc3)CC2)cc1. The molecule has 4 nitrogen and oxygen atoms in total. The first-order chi connectivity index (χ1) is 10.2. The van der Waals surface area contributed by atoms with Gasteiger partial charge in [-0.2, -0.15) is 0 Å². The van der Waals surface area contributed by atoms with Crippen molar-refractivity contribution in [2.45, 2.75) is 0 Å². The molecule has 1 aliphatic rings. The molecule has 0 radical (unpaired) electrons. The minimum absolute atomic E-state index is 0.121. The molecule has 0 aromatic heterocycles. The van der Waals surface area contributed by atoms with Gasteiger partial charge in [0.05, 0.1) is 0 Å². The first kappa shape index (κ1) is 13.5. The van der Waals surface area contributed by atoms with Gasteiger partial charge in [-0.15, -0.1) is 0 Å². The number of amidine groups is 1. The van der Waals surface area contributed by atoms with E-state index in [2.05, 4.69) is 52.3 Å². The van der Waals surface area contributed by atoms with Crippen molar-refractivity contribution in [2.75, 3.05) is 36.0 Å². The van der Waals surface area contributed by atoms with Gasteiger partial charge in [-0.1, -0.05) is 18.2 Å². The van der Waals surface area contributed by atoms with Gasteiger partial charge < -0.3 is 15.5 Å². The van der Waals surface area contributed by atoms with Crippen LogP contribution in [0.15, 0.2) is 54.6 Å². The van der Waals surface area contributed by atoms with Gasteiger partial charge in [-0.05, 0) is 36.4 Å². The Balaban J connectivity index is 1.64. The summed E-state index contributed by atoms with van der Waals surface area (Å²) in [4.78, 5) is 4.80. The van der Waals surface area contributed by atoms with Crippen LogP contribution in [0.3, 0.4) is 0 Å². The Labute approximate surface area is 125 Å². The molecule has 2 aromatic carbocycles. The van der Waals surface area contributed by atoms with E-state index in [-0.39, 0.29) is 5.84 Å². The largest absolute Gasteiger partial charge is 0.384 e. The van der Waals surface area contributed by atoms with E-state index in [1.807, 2.05) is 12.1 Å². The van der Waals surface area contributed by atoms with E-state index in [9.17, 15) is 0 Å². The van der Waals surface area contributed by atoms with Gasteiger partial charge in [0.2, 0.25) is 0 Å². The third-order valence-corrected chi connectivity index (χ3v) is 3.94. The van der Waals surface area contributed by atoms with Crippen molar-refractivity contribution in [3.63, 3.8) is 0 Å². The van der Waals surface area contributed by atoms with E-state index < -0.39 is 0 Å². The van der Waals surface area contributed by atoms with Crippen molar-refractivity contribution in [1.29, 1.82) is 5.41 Å². The lowest BCUT2D eigenvalue weighted by Crippen LogP contribution is -2.46. The molecule has 3 rings (SSSR count). The maximum Gasteiger partial charge on any atom is 0.122 e. The van der Waals surface area contributed by atoms with Crippen molar-refractivity contribution in [3.8, 4) is 0 Å². The van der Waals surface area contributed by atoms with Gasteiger partial charge in [0.15, 0.2) is 0 Å². The summed E-state index contributed by atoms with van der Waals surface area (Å²) in [6, 6.07) is 18.5. The second kappa shape index (κ2) is 5.87. The highest BCUT2D eigenvalue weighted by molar-refractivity contribution is 5.95. The van der Waals surface area contributed by atoms with Crippen molar-refractivity contribution in [1.82, 2.24) is 0 Å². The number of nitrogens with two attached hydrogens (primary N) is 1. The molecule has 3 N–H and O–H groups in total. The Morgan fingerprint density at radius 2 is 1.24 bits per heavy atom. The minimum atomic E-state index is 0.121. The third-order valence-electron chi connectivity index (χ3n) is 3.94. The molecular formula is C17H20N4. The maximum absolute atomic E-state index is 7.43. The first-order valence-corrected chi connectivity index (χ1v) is 7.23. The summed E-state index contributed by atoms with van der Waals surface area (Å²) >= 11 is 0. The highest BCUT2D eigenvalue weighted by atomic mass is 15.3. The third kappa shape index (κ3) is 2.99. The number of nitrogen functional groups attached to an aromatic ring is 1. The normalized spacial score (nSPS) is 15.0. The number of rotatable bonds is 3. The van der Waals surface area contributed by atoms with Crippen LogP contribution in [0.5, 0.6) is 0 Å². The van der Waals surface area contributed by atoms with Crippen LogP contribution in [-0.4, -0.2) is 32.0 Å². The van der Waals surface area contributed by atoms with Crippen molar-refractivity contribution in [3.05, 3.63) is 60.2 Å². The minimum Gasteiger partial charge on any atom is -0.384 e. The fourth-order valence-corrected chi connectivity index (χ4v) is 2.71. The van der Waals surface area contributed by atoms with Crippen molar-refractivity contribution >= 4 is 17.2 Å². The number of hydrogen-bond donors (Lipinski definition) is 2. The molecule has 1 heterocycles. The van der Waals surface area contributed by atoms with E-state index in [4.69, 9.17) is 11.1 Å². The van der Waals surface area contributed by atoms with E-state index >= 15 is 0 Å². The van der Waals surface area contributed by atoms with Crippen LogP contribution in [0.4, 0.5) is 11.4 Å². The standard InChI is InChI=1S/C17H20N4/c18-17(19)14-6-8-16(9-7-14)21-12-10-20(11-13-21)15-4-2-1-3-5-15/h1-9H,10-13H2,(H3,18,19). The lowest BCUT2D eigenvalue weighted by Gasteiger charge is -2.37. The van der Waals surface area contributed by atoms with Crippen LogP contribution in [0.1, 0.15) is 5.56 Å². The highest BCUT2D eigenvalue weighted by Gasteiger charge is 2.17. The molecule has 108 valence electrons. The molecule has 0 atom stereocenters. The summed E-state index contributed by atoms with van der Waals surface area (Å²) in [5.41, 5.74) is 8.76. The Hall–Kier alpha value is -2.49. The number of benzene rings is 2. The number of hydrogen-bond acceptors (Lipinski definition) is 3. The molecule has 0 bridgehead atoms. The van der Waals surface area contributed by atoms with Crippen LogP contribution in [0.2, 0.25) is 0 Å². The molecule has 0 saturated carbocycles. The molecule has 4 heteroatoms. The number of piperazine rings is 1.